The monoisotopic (exact) mass is 366 g/mol. The fourth-order valence-electron chi connectivity index (χ4n) is 0. The van der Waals surface area contributed by atoms with Crippen molar-refractivity contribution in [1.29, 1.82) is 0 Å². The van der Waals surface area contributed by atoms with Crippen molar-refractivity contribution < 1.29 is 94.7 Å². The molecule has 0 aliphatic carbocycles. The van der Waals surface area contributed by atoms with Crippen LogP contribution >= 0.6 is 37.2 Å². The van der Waals surface area contributed by atoms with Gasteiger partial charge in [0.05, 0.1) is 0 Å². The van der Waals surface area contributed by atoms with Crippen LogP contribution in [0.25, 0.3) is 0 Å². The van der Waals surface area contributed by atoms with Crippen molar-refractivity contribution in [3.8, 4) is 0 Å². The molecule has 0 atom stereocenters. The van der Waals surface area contributed by atoms with E-state index in [2.05, 4.69) is 0 Å². The van der Waals surface area contributed by atoms with Gasteiger partial charge in [0, 0.05) is 80.5 Å². The molecule has 66 valence electrons. The summed E-state index contributed by atoms with van der Waals surface area (Å²) >= 11 is 0. The molecule has 0 fully saturated rings. The van der Waals surface area contributed by atoms with E-state index in [0.717, 1.165) is 0 Å². The van der Waals surface area contributed by atoms with E-state index < -0.39 is 0 Å². The van der Waals surface area contributed by atoms with Crippen LogP contribution in [0.4, 0.5) is 14.1 Å². The van der Waals surface area contributed by atoms with Gasteiger partial charge in [0.1, 0.15) is 0 Å². The molecule has 10 heavy (non-hydrogen) atoms. The van der Waals surface area contributed by atoms with Crippen LogP contribution in [0, 0.1) is 0 Å². The minimum atomic E-state index is 0. The van der Waals surface area contributed by atoms with E-state index in [1.165, 1.54) is 0 Å². The van der Waals surface area contributed by atoms with Crippen molar-refractivity contribution in [2.24, 2.45) is 0 Å². The number of hydrogen-bond acceptors (Lipinski definition) is 0. The molecule has 2 radical (unpaired) electrons. The van der Waals surface area contributed by atoms with Crippen LogP contribution in [0.3, 0.4) is 0 Å². The van der Waals surface area contributed by atoms with Gasteiger partial charge in [-0.05, 0) is 0 Å². The van der Waals surface area contributed by atoms with Gasteiger partial charge in [-0.3, -0.25) is 14.1 Å². The SMILES string of the molecule is Cl.Cl.Cl.F.F.F.[Ti].[Ti].[V].[V]. The van der Waals surface area contributed by atoms with E-state index in [1.807, 2.05) is 0 Å². The third-order valence-corrected chi connectivity index (χ3v) is 0. The van der Waals surface area contributed by atoms with Gasteiger partial charge in [-0.25, -0.2) is 0 Å². The van der Waals surface area contributed by atoms with Crippen molar-refractivity contribution in [2.45, 2.75) is 0 Å². The summed E-state index contributed by atoms with van der Waals surface area (Å²) in [5, 5.41) is 0. The average Bonchev–Trinajstić information content (AvgIpc) is 0. The summed E-state index contributed by atoms with van der Waals surface area (Å²) in [6, 6.07) is 0. The maximum Gasteiger partial charge on any atom is 0 e. The van der Waals surface area contributed by atoms with E-state index >= 15 is 0 Å². The van der Waals surface area contributed by atoms with E-state index in [-0.39, 0.29) is 132 Å². The second-order valence-corrected chi connectivity index (χ2v) is 0. The second-order valence-electron chi connectivity index (χ2n) is 0. The first kappa shape index (κ1) is 188. The van der Waals surface area contributed by atoms with Crippen LogP contribution in [0.1, 0.15) is 0 Å². The molecule has 0 aromatic carbocycles. The molecule has 0 saturated carbocycles. The zero-order valence-corrected chi connectivity index (χ0v) is 12.7. The van der Waals surface area contributed by atoms with Crippen molar-refractivity contribution in [1.82, 2.24) is 0 Å². The number of halogens is 6. The fourth-order valence-corrected chi connectivity index (χ4v) is 0. The molecule has 0 bridgehead atoms. The van der Waals surface area contributed by atoms with Gasteiger partial charge < -0.3 is 0 Å². The smallest absolute Gasteiger partial charge is 0 e. The summed E-state index contributed by atoms with van der Waals surface area (Å²) in [4.78, 5) is 0. The van der Waals surface area contributed by atoms with Crippen molar-refractivity contribution >= 4 is 37.2 Å². The van der Waals surface area contributed by atoms with Crippen LogP contribution in [0.5, 0.6) is 0 Å². The molecule has 0 unspecified atom stereocenters. The van der Waals surface area contributed by atoms with E-state index in [0.29, 0.717) is 0 Å². The molecule has 0 saturated heterocycles. The Kier molecular flexibility index (Phi) is 2750. The quantitative estimate of drug-likeness (QED) is 0.572. The summed E-state index contributed by atoms with van der Waals surface area (Å²) in [5.74, 6) is 0. The Morgan fingerprint density at radius 3 is 0.400 bits per heavy atom. The van der Waals surface area contributed by atoms with Gasteiger partial charge in [0.2, 0.25) is 0 Å². The van der Waals surface area contributed by atoms with Gasteiger partial charge in [0.25, 0.3) is 0 Å². The Labute approximate surface area is 130 Å². The Hall–Kier alpha value is 3.26. The molecule has 0 spiro atoms. The minimum Gasteiger partial charge on any atom is -0.269 e. The first-order chi connectivity index (χ1) is 0. The van der Waals surface area contributed by atoms with Crippen molar-refractivity contribution in [3.05, 3.63) is 0 Å². The molecular formula is H6Cl3F3Ti2V2. The number of hydrogen-bond donors (Lipinski definition) is 0. The van der Waals surface area contributed by atoms with Gasteiger partial charge >= 0.3 is 0 Å². The normalized spacial score (nSPS) is 0. The summed E-state index contributed by atoms with van der Waals surface area (Å²) < 4.78 is 0. The Morgan fingerprint density at radius 2 is 0.400 bits per heavy atom. The summed E-state index contributed by atoms with van der Waals surface area (Å²) in [7, 11) is 0. The van der Waals surface area contributed by atoms with E-state index in [9.17, 15) is 0 Å². The van der Waals surface area contributed by atoms with Gasteiger partial charge in [-0.2, -0.15) is 0 Å². The second kappa shape index (κ2) is 146. The Morgan fingerprint density at radius 1 is 0.400 bits per heavy atom. The minimum absolute atomic E-state index is 0. The predicted octanol–water partition coefficient (Wildman–Crippen LogP) is 1.71. The molecule has 10 heteroatoms. The molecule has 0 amide bonds. The van der Waals surface area contributed by atoms with Crippen LogP contribution in [-0.4, -0.2) is 0 Å². The summed E-state index contributed by atoms with van der Waals surface area (Å²) in [6.45, 7) is 0. The topological polar surface area (TPSA) is 0 Å². The molecule has 0 heterocycles. The first-order valence-corrected chi connectivity index (χ1v) is 0. The largest absolute Gasteiger partial charge is 0.269 e. The zero-order valence-electron chi connectivity index (χ0n) is 4.34. The Bertz CT molecular complexity index is 19.7. The van der Waals surface area contributed by atoms with Crippen LogP contribution in [-0.2, 0) is 80.5 Å². The third kappa shape index (κ3) is 112. The zero-order chi connectivity index (χ0) is 0. The molecule has 0 aromatic rings. The molecule has 0 N–H and O–H groups in total. The predicted molar refractivity (Wildman–Crippen MR) is 29.3 cm³/mol. The van der Waals surface area contributed by atoms with Gasteiger partial charge in [-0.1, -0.05) is 0 Å². The maximum absolute atomic E-state index is 0. The van der Waals surface area contributed by atoms with E-state index in [1.54, 1.807) is 0 Å². The van der Waals surface area contributed by atoms with Gasteiger partial charge in [-0.15, -0.1) is 37.2 Å². The summed E-state index contributed by atoms with van der Waals surface area (Å²) in [5.41, 5.74) is 0. The van der Waals surface area contributed by atoms with Crippen molar-refractivity contribution in [3.63, 3.8) is 0 Å². The van der Waals surface area contributed by atoms with Crippen molar-refractivity contribution in [2.75, 3.05) is 0 Å². The van der Waals surface area contributed by atoms with Gasteiger partial charge in [0.15, 0.2) is 0 Å². The van der Waals surface area contributed by atoms with E-state index in [4.69, 9.17) is 0 Å². The molecule has 0 rings (SSSR count). The molecular weight excluding hydrogens is 361 g/mol. The summed E-state index contributed by atoms with van der Waals surface area (Å²) in [6.07, 6.45) is 0. The third-order valence-electron chi connectivity index (χ3n) is 0. The fraction of sp³-hybridized carbons (Fsp3) is 0. The molecule has 0 nitrogen and oxygen atoms in total. The number of rotatable bonds is 0. The average molecular weight is 367 g/mol. The van der Waals surface area contributed by atoms with Crippen LogP contribution in [0.2, 0.25) is 0 Å². The maximum atomic E-state index is 0. The van der Waals surface area contributed by atoms with Crippen LogP contribution in [0.15, 0.2) is 0 Å². The molecule has 0 aliphatic rings. The first-order valence-electron chi connectivity index (χ1n) is 0. The molecule has 0 aliphatic heterocycles. The molecule has 0 aromatic heterocycles. The Balaban J connectivity index is 0. The standard InChI is InChI=1S/3ClH.3FH.2Ti.2V/h6*1H;;;;. The van der Waals surface area contributed by atoms with Crippen LogP contribution < -0.4 is 0 Å².